The summed E-state index contributed by atoms with van der Waals surface area (Å²) in [6, 6.07) is 163. The lowest BCUT2D eigenvalue weighted by Crippen LogP contribution is -2.01. The van der Waals surface area contributed by atoms with Crippen molar-refractivity contribution in [2.24, 2.45) is 0 Å². The van der Waals surface area contributed by atoms with Gasteiger partial charge in [-0.25, -0.2) is 15.0 Å². The molecule has 10 nitrogen and oxygen atoms in total. The number of furan rings is 2. The molecule has 20 aromatic carbocycles. The van der Waals surface area contributed by atoms with E-state index >= 15 is 0 Å². The van der Waals surface area contributed by atoms with Crippen molar-refractivity contribution in [1.82, 2.24) is 37.8 Å². The van der Waals surface area contributed by atoms with E-state index in [1.807, 2.05) is 24.3 Å². The van der Waals surface area contributed by atoms with Crippen LogP contribution in [0.2, 0.25) is 0 Å². The van der Waals surface area contributed by atoms with Crippen LogP contribution >= 0.6 is 0 Å². The number of aromatic nitrogens is 8. The van der Waals surface area contributed by atoms with Gasteiger partial charge in [0.05, 0.1) is 55.2 Å². The smallest absolute Gasteiger partial charge is 0.164 e. The molecule has 8 aromatic heterocycles. The van der Waals surface area contributed by atoms with E-state index in [0.29, 0.717) is 17.5 Å². The largest absolute Gasteiger partial charge is 0.456 e. The summed E-state index contributed by atoms with van der Waals surface area (Å²) >= 11 is 0. The van der Waals surface area contributed by atoms with Crippen LogP contribution in [0.4, 0.5) is 0 Å². The zero-order valence-corrected chi connectivity index (χ0v) is 71.6. The van der Waals surface area contributed by atoms with E-state index < -0.39 is 0 Å². The number of para-hydroxylation sites is 8. The lowest BCUT2D eigenvalue weighted by Gasteiger charge is -2.13. The average molecular weight is 1700 g/mol. The van der Waals surface area contributed by atoms with Crippen LogP contribution in [0.1, 0.15) is 0 Å². The molecule has 133 heavy (non-hydrogen) atoms. The Labute approximate surface area is 761 Å². The molecule has 0 aliphatic heterocycles. The van der Waals surface area contributed by atoms with Gasteiger partial charge >= 0.3 is 0 Å². The maximum atomic E-state index is 6.49. The highest BCUT2D eigenvalue weighted by atomic mass is 16.3. The Morgan fingerprint density at radius 1 is 0.128 bits per heavy atom. The highest BCUT2D eigenvalue weighted by molar-refractivity contribution is 6.20. The molecule has 0 spiro atoms. The minimum absolute atomic E-state index is 0.547. The maximum Gasteiger partial charge on any atom is 0.164 e. The molecule has 0 saturated carbocycles. The molecular weight excluding hydrogens is 1620 g/mol. The fourth-order valence-corrected chi connectivity index (χ4v) is 21.4. The fraction of sp³-hybridized carbons (Fsp3) is 0. The molecule has 0 saturated heterocycles. The Balaban J connectivity index is 0.578. The Kier molecular flexibility index (Phi) is 16.3. The van der Waals surface area contributed by atoms with Crippen molar-refractivity contribution in [3.63, 3.8) is 0 Å². The molecule has 28 aromatic rings. The first kappa shape index (κ1) is 74.1. The van der Waals surface area contributed by atoms with Gasteiger partial charge in [0.2, 0.25) is 0 Å². The highest BCUT2D eigenvalue weighted by Crippen LogP contribution is 2.47. The lowest BCUT2D eigenvalue weighted by molar-refractivity contribution is 0.669. The summed E-state index contributed by atoms with van der Waals surface area (Å²) in [5.74, 6) is 1.64. The molecule has 0 radical (unpaired) electrons. The van der Waals surface area contributed by atoms with Crippen molar-refractivity contribution in [1.29, 1.82) is 0 Å². The summed E-state index contributed by atoms with van der Waals surface area (Å²) in [4.78, 5) is 16.7. The van der Waals surface area contributed by atoms with Crippen molar-refractivity contribution in [3.8, 4) is 118 Å². The van der Waals surface area contributed by atoms with Crippen molar-refractivity contribution < 1.29 is 8.83 Å². The molecule has 0 bridgehead atoms. The van der Waals surface area contributed by atoms with Gasteiger partial charge in [0, 0.05) is 121 Å². The first-order valence-corrected chi connectivity index (χ1v) is 45.2. The van der Waals surface area contributed by atoms with Crippen LogP contribution in [0, 0.1) is 0 Å². The van der Waals surface area contributed by atoms with E-state index in [-0.39, 0.29) is 0 Å². The third-order valence-corrected chi connectivity index (χ3v) is 27.5. The summed E-state index contributed by atoms with van der Waals surface area (Å²) in [7, 11) is 0. The Bertz CT molecular complexity index is 9250. The van der Waals surface area contributed by atoms with Gasteiger partial charge in [-0.1, -0.05) is 261 Å². The first-order chi connectivity index (χ1) is 65.9. The normalized spacial score (nSPS) is 12.1. The first-order valence-electron chi connectivity index (χ1n) is 45.2. The van der Waals surface area contributed by atoms with Gasteiger partial charge in [-0.05, 0) is 244 Å². The van der Waals surface area contributed by atoms with Crippen LogP contribution in [0.3, 0.4) is 0 Å². The Morgan fingerprint density at radius 2 is 0.361 bits per heavy atom. The van der Waals surface area contributed by atoms with Crippen molar-refractivity contribution in [3.05, 3.63) is 449 Å². The predicted molar refractivity (Wildman–Crippen MR) is 550 cm³/mol. The van der Waals surface area contributed by atoms with Crippen LogP contribution < -0.4 is 0 Å². The quantitative estimate of drug-likeness (QED) is 0.115. The summed E-state index contributed by atoms with van der Waals surface area (Å²) < 4.78 is 25.0. The van der Waals surface area contributed by atoms with E-state index in [2.05, 4.69) is 447 Å². The maximum absolute atomic E-state index is 6.49. The van der Waals surface area contributed by atoms with Gasteiger partial charge in [-0.3, -0.25) is 0 Å². The number of hydrogen-bond acceptors (Lipinski definition) is 5. The fourth-order valence-electron chi connectivity index (χ4n) is 21.4. The van der Waals surface area contributed by atoms with Gasteiger partial charge in [-0.15, -0.1) is 0 Å². The predicted octanol–water partition coefficient (Wildman–Crippen LogP) is 32.5. The second kappa shape index (κ2) is 29.3. The SMILES string of the molecule is c1ccc(-n2c3ccccc3c3cc(-c4ccc5c(c4)c4cc(-c6ccc7c(c6)c6ccccc6n7-c6ccccc6)ccc4n5-c4cccc(-c5cccc(-c6nc(-c7cccc(-c8cccc(-n9c%10ccccc%10c%10cc%11oc%12ccccc%12c%11cc%109)c8)c7)nc(-c7cccc(-c8cccc(-n9c%10ccccc%10c%10cc%11oc%12ccccc%12c%11cc%109)c8)c7)n6)c5)c4)ccc32)cc1. The molecule has 618 valence electrons. The van der Waals surface area contributed by atoms with Gasteiger partial charge in [-0.2, -0.15) is 0 Å². The minimum atomic E-state index is 0.547. The van der Waals surface area contributed by atoms with E-state index in [0.717, 1.165) is 210 Å². The third-order valence-electron chi connectivity index (χ3n) is 27.5. The highest BCUT2D eigenvalue weighted by Gasteiger charge is 2.25. The van der Waals surface area contributed by atoms with Gasteiger partial charge in [0.25, 0.3) is 0 Å². The summed E-state index contributed by atoms with van der Waals surface area (Å²) in [5.41, 5.74) is 33.6. The van der Waals surface area contributed by atoms with Crippen LogP contribution in [0.5, 0.6) is 0 Å². The van der Waals surface area contributed by atoms with Crippen molar-refractivity contribution in [2.75, 3.05) is 0 Å². The topological polar surface area (TPSA) is 89.6 Å². The van der Waals surface area contributed by atoms with Crippen LogP contribution in [-0.2, 0) is 0 Å². The molecule has 0 amide bonds. The summed E-state index contributed by atoms with van der Waals surface area (Å²) in [6.07, 6.45) is 0. The van der Waals surface area contributed by atoms with E-state index in [4.69, 9.17) is 23.8 Å². The van der Waals surface area contributed by atoms with Gasteiger partial charge in [0.15, 0.2) is 17.5 Å². The molecule has 10 heteroatoms. The van der Waals surface area contributed by atoms with Crippen LogP contribution in [0.25, 0.3) is 271 Å². The van der Waals surface area contributed by atoms with Crippen molar-refractivity contribution in [2.45, 2.75) is 0 Å². The zero-order chi connectivity index (χ0) is 87.0. The molecule has 0 unspecified atom stereocenters. The second-order valence-corrected chi connectivity index (χ2v) is 35.0. The molecule has 0 atom stereocenters. The third kappa shape index (κ3) is 11.8. The van der Waals surface area contributed by atoms with E-state index in [9.17, 15) is 0 Å². The monoisotopic (exact) mass is 1690 g/mol. The molecular formula is C123H74N8O2. The summed E-state index contributed by atoms with van der Waals surface area (Å²) in [6.45, 7) is 0. The molecule has 0 fully saturated rings. The zero-order valence-electron chi connectivity index (χ0n) is 71.6. The van der Waals surface area contributed by atoms with E-state index in [1.54, 1.807) is 0 Å². The summed E-state index contributed by atoms with van der Waals surface area (Å²) in [5, 5.41) is 16.1. The number of nitrogens with zero attached hydrogens (tertiary/aromatic N) is 8. The number of hydrogen-bond donors (Lipinski definition) is 0. The molecule has 0 aliphatic carbocycles. The standard InChI is InChI=1S/C123H74N8O2/c1-3-34-88(35-4-1)127-107-47-13-7-41-93(107)99-67-81(53-57-111(99)127)83-55-59-113-101(69-83)102-70-84(82-54-58-112-100(68-82)94-42-8-14-48-108(94)128(112)89-36-5-2-6-37-89)56-60-114(102)129(113)90-38-22-28-78(64-90)75-25-19-31-85(61-75)121-124-122(86-32-20-26-76(62-86)79-29-23-39-91(65-79)130-109-49-15-9-43-95(109)103-73-119-105(71-115(103)130)97-45-11-17-51-117(97)132-119)126-123(125-121)87-33-21-27-77(63-87)80-30-24-40-92(66-80)131-110-50-16-10-44-96(110)104-74-120-106(72-116(104)131)98-46-12-18-52-118(98)133-120/h1-74H. The minimum Gasteiger partial charge on any atom is -0.456 e. The molecule has 8 heterocycles. The Hall–Kier alpha value is -18.0. The number of benzene rings is 20. The second-order valence-electron chi connectivity index (χ2n) is 35.0. The van der Waals surface area contributed by atoms with Gasteiger partial charge in [0.1, 0.15) is 22.3 Å². The van der Waals surface area contributed by atoms with Crippen molar-refractivity contribution >= 4 is 153 Å². The molecule has 0 N–H and O–H groups in total. The molecule has 28 rings (SSSR count). The Morgan fingerprint density at radius 3 is 0.699 bits per heavy atom. The average Bonchev–Trinajstić information content (AvgIpc) is 1.57. The van der Waals surface area contributed by atoms with Gasteiger partial charge < -0.3 is 31.7 Å². The molecule has 0 aliphatic rings. The number of rotatable bonds is 13. The van der Waals surface area contributed by atoms with Crippen LogP contribution in [0.15, 0.2) is 458 Å². The van der Waals surface area contributed by atoms with Crippen LogP contribution in [-0.4, -0.2) is 37.8 Å². The lowest BCUT2D eigenvalue weighted by atomic mass is 9.98. The van der Waals surface area contributed by atoms with E-state index in [1.165, 1.54) is 43.6 Å². The number of fused-ring (bicyclic) bond motifs is 21.